The van der Waals surface area contributed by atoms with Gasteiger partial charge in [0.2, 0.25) is 10.8 Å². The van der Waals surface area contributed by atoms with Crippen LogP contribution in [0.2, 0.25) is 0 Å². The fraction of sp³-hybridized carbons (Fsp3) is 0.360. The van der Waals surface area contributed by atoms with E-state index in [1.165, 1.54) is 16.9 Å². The van der Waals surface area contributed by atoms with Crippen LogP contribution in [0.25, 0.3) is 4.96 Å². The summed E-state index contributed by atoms with van der Waals surface area (Å²) in [6.45, 7) is 3.82. The maximum atomic E-state index is 11.0. The number of hydrogen-bond donors (Lipinski definition) is 1. The fourth-order valence-corrected chi connectivity index (χ4v) is 5.87. The third-order valence-corrected chi connectivity index (χ3v) is 7.44. The second kappa shape index (κ2) is 8.92. The smallest absolute Gasteiger partial charge is 0.230 e. The van der Waals surface area contributed by atoms with Crippen LogP contribution < -0.4 is 4.74 Å². The minimum atomic E-state index is -0.0348. The summed E-state index contributed by atoms with van der Waals surface area (Å²) in [4.78, 5) is 8.59. The molecule has 2 aromatic heterocycles. The predicted molar refractivity (Wildman–Crippen MR) is 127 cm³/mol. The van der Waals surface area contributed by atoms with Gasteiger partial charge < -0.3 is 9.84 Å². The molecule has 0 aliphatic carbocycles. The van der Waals surface area contributed by atoms with Crippen LogP contribution in [-0.2, 0) is 6.42 Å². The van der Waals surface area contributed by atoms with Crippen molar-refractivity contribution in [3.8, 4) is 11.6 Å². The zero-order valence-corrected chi connectivity index (χ0v) is 19.3. The van der Waals surface area contributed by atoms with Gasteiger partial charge >= 0.3 is 0 Å². The molecule has 1 aliphatic rings. The number of aromatic hydroxyl groups is 1. The second-order valence-electron chi connectivity index (χ2n) is 8.49. The van der Waals surface area contributed by atoms with E-state index in [0.29, 0.717) is 11.7 Å². The topological polar surface area (TPSA) is 62.9 Å². The first-order valence-corrected chi connectivity index (χ1v) is 11.9. The van der Waals surface area contributed by atoms with Gasteiger partial charge in [-0.2, -0.15) is 4.52 Å². The number of ether oxygens (including phenoxy) is 1. The number of piperidine rings is 1. The van der Waals surface area contributed by atoms with Gasteiger partial charge in [0.25, 0.3) is 0 Å². The summed E-state index contributed by atoms with van der Waals surface area (Å²) in [5.74, 6) is 2.37. The Bertz CT molecular complexity index is 1180. The molecule has 0 radical (unpaired) electrons. The first-order chi connectivity index (χ1) is 15.6. The Kier molecular flexibility index (Phi) is 5.85. The third-order valence-electron chi connectivity index (χ3n) is 6.37. The molecule has 0 spiro atoms. The number of hydrogen-bond acceptors (Lipinski definition) is 6. The van der Waals surface area contributed by atoms with E-state index in [4.69, 9.17) is 4.74 Å². The summed E-state index contributed by atoms with van der Waals surface area (Å²) in [7, 11) is 1.68. The van der Waals surface area contributed by atoms with Crippen molar-refractivity contribution in [3.63, 3.8) is 0 Å². The number of methoxy groups -OCH3 is 1. The molecular formula is C25H28N4O2S. The average molecular weight is 449 g/mol. The van der Waals surface area contributed by atoms with E-state index in [1.807, 2.05) is 19.1 Å². The maximum Gasteiger partial charge on any atom is 0.230 e. The SMILES string of the molecule is COc1ccc(C(c2sc3nc(C)nn3c2O)N2CCC(Cc3ccccc3)CC2)cc1. The van der Waals surface area contributed by atoms with Gasteiger partial charge in [0, 0.05) is 0 Å². The lowest BCUT2D eigenvalue weighted by atomic mass is 9.89. The number of rotatable bonds is 6. The van der Waals surface area contributed by atoms with Crippen molar-refractivity contribution in [1.82, 2.24) is 19.5 Å². The molecule has 1 unspecified atom stereocenters. The molecule has 4 aromatic rings. The van der Waals surface area contributed by atoms with E-state index >= 15 is 0 Å². The number of likely N-dealkylation sites (tertiary alicyclic amines) is 1. The van der Waals surface area contributed by atoms with Gasteiger partial charge in [0.15, 0.2) is 0 Å². The fourth-order valence-electron chi connectivity index (χ4n) is 4.70. The first-order valence-electron chi connectivity index (χ1n) is 11.1. The van der Waals surface area contributed by atoms with Gasteiger partial charge in [-0.25, -0.2) is 4.98 Å². The van der Waals surface area contributed by atoms with Crippen LogP contribution in [0.5, 0.6) is 11.6 Å². The third kappa shape index (κ3) is 4.10. The molecule has 166 valence electrons. The highest BCUT2D eigenvalue weighted by molar-refractivity contribution is 7.17. The minimum Gasteiger partial charge on any atom is -0.497 e. The molecule has 0 amide bonds. The summed E-state index contributed by atoms with van der Waals surface area (Å²) >= 11 is 1.52. The van der Waals surface area contributed by atoms with Crippen molar-refractivity contribution in [2.75, 3.05) is 20.2 Å². The van der Waals surface area contributed by atoms with Gasteiger partial charge in [-0.15, -0.1) is 5.10 Å². The molecule has 1 saturated heterocycles. The Morgan fingerprint density at radius 2 is 1.81 bits per heavy atom. The summed E-state index contributed by atoms with van der Waals surface area (Å²) in [5, 5.41) is 15.4. The molecule has 1 fully saturated rings. The summed E-state index contributed by atoms with van der Waals surface area (Å²) < 4.78 is 6.92. The molecule has 0 bridgehead atoms. The lowest BCUT2D eigenvalue weighted by Crippen LogP contribution is -2.37. The lowest BCUT2D eigenvalue weighted by Gasteiger charge is -2.37. The summed E-state index contributed by atoms with van der Waals surface area (Å²) in [6, 6.07) is 18.9. The van der Waals surface area contributed by atoms with E-state index in [1.54, 1.807) is 11.6 Å². The Labute approximate surface area is 192 Å². The molecule has 7 heteroatoms. The van der Waals surface area contributed by atoms with Crippen LogP contribution >= 0.6 is 11.3 Å². The quantitative estimate of drug-likeness (QED) is 0.457. The van der Waals surface area contributed by atoms with E-state index < -0.39 is 0 Å². The van der Waals surface area contributed by atoms with Gasteiger partial charge in [0.05, 0.1) is 18.0 Å². The zero-order chi connectivity index (χ0) is 22.1. The van der Waals surface area contributed by atoms with Crippen molar-refractivity contribution >= 4 is 16.3 Å². The molecule has 6 nitrogen and oxygen atoms in total. The summed E-state index contributed by atoms with van der Waals surface area (Å²) in [5.41, 5.74) is 2.56. The monoisotopic (exact) mass is 448 g/mol. The molecule has 2 aromatic carbocycles. The highest BCUT2D eigenvalue weighted by atomic mass is 32.1. The average Bonchev–Trinajstić information content (AvgIpc) is 3.33. The predicted octanol–water partition coefficient (Wildman–Crippen LogP) is 4.86. The van der Waals surface area contributed by atoms with E-state index in [2.05, 4.69) is 57.4 Å². The maximum absolute atomic E-state index is 11.0. The van der Waals surface area contributed by atoms with Crippen LogP contribution in [0.3, 0.4) is 0 Å². The van der Waals surface area contributed by atoms with E-state index in [0.717, 1.165) is 53.5 Å². The van der Waals surface area contributed by atoms with Gasteiger partial charge in [-0.3, -0.25) is 4.90 Å². The van der Waals surface area contributed by atoms with Crippen LogP contribution in [0, 0.1) is 12.8 Å². The number of thiazole rings is 1. The first kappa shape index (κ1) is 21.0. The molecule has 32 heavy (non-hydrogen) atoms. The van der Waals surface area contributed by atoms with E-state index in [-0.39, 0.29) is 11.9 Å². The van der Waals surface area contributed by atoms with E-state index in [9.17, 15) is 5.11 Å². The Morgan fingerprint density at radius 3 is 2.47 bits per heavy atom. The Hall–Kier alpha value is -2.90. The highest BCUT2D eigenvalue weighted by Crippen LogP contribution is 2.41. The number of aryl methyl sites for hydroxylation is 1. The largest absolute Gasteiger partial charge is 0.497 e. The molecule has 0 saturated carbocycles. The van der Waals surface area contributed by atoms with Crippen LogP contribution in [0.4, 0.5) is 0 Å². The Balaban J connectivity index is 1.42. The molecule has 3 heterocycles. The molecule has 1 aliphatic heterocycles. The lowest BCUT2D eigenvalue weighted by molar-refractivity contribution is 0.150. The van der Waals surface area contributed by atoms with Crippen molar-refractivity contribution in [3.05, 3.63) is 76.4 Å². The number of aromatic nitrogens is 3. The van der Waals surface area contributed by atoms with Gasteiger partial charge in [-0.1, -0.05) is 53.8 Å². The van der Waals surface area contributed by atoms with Crippen molar-refractivity contribution in [2.45, 2.75) is 32.2 Å². The van der Waals surface area contributed by atoms with Crippen molar-refractivity contribution in [1.29, 1.82) is 0 Å². The van der Waals surface area contributed by atoms with Crippen molar-refractivity contribution < 1.29 is 9.84 Å². The molecular weight excluding hydrogens is 420 g/mol. The van der Waals surface area contributed by atoms with Crippen LogP contribution in [-0.4, -0.2) is 44.8 Å². The van der Waals surface area contributed by atoms with Crippen LogP contribution in [0.15, 0.2) is 54.6 Å². The number of benzene rings is 2. The Morgan fingerprint density at radius 1 is 1.09 bits per heavy atom. The van der Waals surface area contributed by atoms with Crippen LogP contribution in [0.1, 0.15) is 40.7 Å². The zero-order valence-electron chi connectivity index (χ0n) is 18.4. The summed E-state index contributed by atoms with van der Waals surface area (Å²) in [6.07, 6.45) is 3.41. The van der Waals surface area contributed by atoms with Gasteiger partial charge in [-0.05, 0) is 68.5 Å². The highest BCUT2D eigenvalue weighted by Gasteiger charge is 2.32. The standard InChI is InChI=1S/C25H28N4O2S/c1-17-26-25-29(27-17)24(30)23(32-25)22(20-8-10-21(31-2)11-9-20)28-14-12-19(13-15-28)16-18-6-4-3-5-7-18/h3-11,19,22,30H,12-16H2,1-2H3. The van der Waals surface area contributed by atoms with Crippen molar-refractivity contribution in [2.24, 2.45) is 5.92 Å². The van der Waals surface area contributed by atoms with Gasteiger partial charge in [0.1, 0.15) is 11.6 Å². The molecule has 5 rings (SSSR count). The normalized spacial score (nSPS) is 16.4. The molecule has 1 N–H and O–H groups in total. The second-order valence-corrected chi connectivity index (χ2v) is 9.50. The number of fused-ring (bicyclic) bond motifs is 1. The minimum absolute atomic E-state index is 0.0348. The number of nitrogens with zero attached hydrogens (tertiary/aromatic N) is 4. The molecule has 1 atom stereocenters.